The van der Waals surface area contributed by atoms with Crippen LogP contribution in [0, 0.1) is 0 Å². The first kappa shape index (κ1) is 39.7. The minimum atomic E-state index is 0.878. The van der Waals surface area contributed by atoms with E-state index in [-0.39, 0.29) is 0 Å². The lowest BCUT2D eigenvalue weighted by Gasteiger charge is -2.28. The van der Waals surface area contributed by atoms with Crippen molar-refractivity contribution in [2.75, 3.05) is 9.80 Å². The third kappa shape index (κ3) is 6.51. The van der Waals surface area contributed by atoms with Crippen LogP contribution in [0.1, 0.15) is 0 Å². The van der Waals surface area contributed by atoms with Gasteiger partial charge in [-0.3, -0.25) is 4.57 Å². The summed E-state index contributed by atoms with van der Waals surface area (Å²) in [6, 6.07) is 91.3. The predicted molar refractivity (Wildman–Crippen MR) is 293 cm³/mol. The van der Waals surface area contributed by atoms with Crippen molar-refractivity contribution in [2.45, 2.75) is 0 Å². The monoisotopic (exact) mass is 894 g/mol. The van der Waals surface area contributed by atoms with Crippen LogP contribution in [0.15, 0.2) is 259 Å². The van der Waals surface area contributed by atoms with Crippen LogP contribution in [0.4, 0.5) is 34.1 Å². The van der Waals surface area contributed by atoms with Crippen molar-refractivity contribution in [3.05, 3.63) is 255 Å². The van der Waals surface area contributed by atoms with E-state index in [0.29, 0.717) is 0 Å². The number of nitrogens with zero attached hydrogens (tertiary/aromatic N) is 4. The Morgan fingerprint density at radius 3 is 1.49 bits per heavy atom. The van der Waals surface area contributed by atoms with Gasteiger partial charge in [0, 0.05) is 55.5 Å². The molecule has 0 atom stereocenters. The van der Waals surface area contributed by atoms with Crippen molar-refractivity contribution < 1.29 is 4.42 Å². The number of aromatic nitrogens is 2. The van der Waals surface area contributed by atoms with E-state index in [4.69, 9.17) is 9.40 Å². The molecule has 0 bridgehead atoms. The number of fused-ring (bicyclic) bond motifs is 9. The maximum atomic E-state index is 6.29. The number of imidazole rings is 1. The summed E-state index contributed by atoms with van der Waals surface area (Å²) in [4.78, 5) is 10.0. The number of para-hydroxylation sites is 2. The Balaban J connectivity index is 0.926. The summed E-state index contributed by atoms with van der Waals surface area (Å²) in [6.07, 6.45) is 0. The number of benzene rings is 12. The lowest BCUT2D eigenvalue weighted by atomic mass is 9.99. The second kappa shape index (κ2) is 16.1. The van der Waals surface area contributed by atoms with Gasteiger partial charge in [-0.1, -0.05) is 164 Å². The molecule has 0 radical (unpaired) electrons. The Morgan fingerprint density at radius 1 is 0.329 bits per heavy atom. The van der Waals surface area contributed by atoms with Crippen molar-refractivity contribution in [1.29, 1.82) is 0 Å². The molecule has 0 aliphatic rings. The number of hydrogen-bond acceptors (Lipinski definition) is 4. The molecule has 14 rings (SSSR count). The van der Waals surface area contributed by atoms with E-state index in [0.717, 1.165) is 94.9 Å². The molecule has 14 aromatic rings. The van der Waals surface area contributed by atoms with Gasteiger partial charge in [0.25, 0.3) is 0 Å². The van der Waals surface area contributed by atoms with E-state index < -0.39 is 0 Å². The Hall–Kier alpha value is -9.45. The molecule has 0 unspecified atom stereocenters. The molecule has 2 heterocycles. The normalized spacial score (nSPS) is 11.7. The average Bonchev–Trinajstić information content (AvgIpc) is 4.00. The van der Waals surface area contributed by atoms with Gasteiger partial charge in [-0.2, -0.15) is 0 Å². The smallest absolute Gasteiger partial charge is 0.145 e. The molecule has 0 fully saturated rings. The van der Waals surface area contributed by atoms with Gasteiger partial charge in [0.05, 0.1) is 22.4 Å². The minimum Gasteiger partial charge on any atom is -0.456 e. The first-order valence-electron chi connectivity index (χ1n) is 23.8. The molecule has 0 aliphatic heterocycles. The highest BCUT2D eigenvalue weighted by atomic mass is 16.3. The maximum absolute atomic E-state index is 6.29. The zero-order valence-corrected chi connectivity index (χ0v) is 37.9. The fourth-order valence-corrected chi connectivity index (χ4v) is 10.7. The fraction of sp³-hybridized carbons (Fsp3) is 0. The molecular formula is C65H42N4O. The third-order valence-electron chi connectivity index (χ3n) is 13.9. The van der Waals surface area contributed by atoms with E-state index in [9.17, 15) is 0 Å². The van der Waals surface area contributed by atoms with Gasteiger partial charge in [0.2, 0.25) is 0 Å². The summed E-state index contributed by atoms with van der Waals surface area (Å²) in [6.45, 7) is 0. The quantitative estimate of drug-likeness (QED) is 0.142. The Kier molecular flexibility index (Phi) is 9.14. The molecule has 0 N–H and O–H groups in total. The van der Waals surface area contributed by atoms with Crippen molar-refractivity contribution in [1.82, 2.24) is 9.55 Å². The van der Waals surface area contributed by atoms with E-state index in [1.807, 2.05) is 12.1 Å². The summed E-state index contributed by atoms with van der Waals surface area (Å²) in [5.74, 6) is 0.907. The Morgan fingerprint density at radius 2 is 0.829 bits per heavy atom. The standard InChI is InChI=1S/C65H42N4O/c1-3-17-45(18-4-1)65-66-59-37-33-52(42-62(59)69(65)48-21-5-2-6-22-48)68(61-27-14-20-44-16-8-10-24-56(44)61)50-32-36-54-47(40-50)30-29-46-39-49(31-35-53(46)54)67(60-26-13-19-43-15-7-9-23-55(43)60)51-34-38-64-58(41-51)57-25-11-12-28-63(57)70-64/h1-42H. The van der Waals surface area contributed by atoms with Crippen LogP contribution in [-0.2, 0) is 0 Å². The van der Waals surface area contributed by atoms with Gasteiger partial charge < -0.3 is 14.2 Å². The van der Waals surface area contributed by atoms with E-state index in [2.05, 4.69) is 257 Å². The van der Waals surface area contributed by atoms with Crippen LogP contribution in [0.2, 0.25) is 0 Å². The van der Waals surface area contributed by atoms with Crippen LogP contribution < -0.4 is 9.80 Å². The maximum Gasteiger partial charge on any atom is 0.145 e. The van der Waals surface area contributed by atoms with Crippen molar-refractivity contribution >= 4 is 110 Å². The highest BCUT2D eigenvalue weighted by Gasteiger charge is 2.22. The largest absolute Gasteiger partial charge is 0.456 e. The fourth-order valence-electron chi connectivity index (χ4n) is 10.7. The van der Waals surface area contributed by atoms with E-state index >= 15 is 0 Å². The van der Waals surface area contributed by atoms with Gasteiger partial charge in [-0.25, -0.2) is 4.98 Å². The molecule has 12 aromatic carbocycles. The zero-order chi connectivity index (χ0) is 46.1. The van der Waals surface area contributed by atoms with Crippen LogP contribution >= 0.6 is 0 Å². The molecule has 0 saturated carbocycles. The Bertz CT molecular complexity index is 4310. The topological polar surface area (TPSA) is 37.4 Å². The summed E-state index contributed by atoms with van der Waals surface area (Å²) in [7, 11) is 0. The van der Waals surface area contributed by atoms with Crippen LogP contribution in [-0.4, -0.2) is 9.55 Å². The van der Waals surface area contributed by atoms with Gasteiger partial charge in [0.15, 0.2) is 0 Å². The van der Waals surface area contributed by atoms with Crippen LogP contribution in [0.3, 0.4) is 0 Å². The summed E-state index contributed by atoms with van der Waals surface area (Å²) >= 11 is 0. The summed E-state index contributed by atoms with van der Waals surface area (Å²) < 4.78 is 8.58. The molecule has 70 heavy (non-hydrogen) atoms. The second-order valence-electron chi connectivity index (χ2n) is 18.0. The van der Waals surface area contributed by atoms with Gasteiger partial charge in [-0.15, -0.1) is 0 Å². The highest BCUT2D eigenvalue weighted by Crippen LogP contribution is 2.45. The lowest BCUT2D eigenvalue weighted by molar-refractivity contribution is 0.669. The summed E-state index contributed by atoms with van der Waals surface area (Å²) in [5, 5.41) is 11.7. The molecular weight excluding hydrogens is 853 g/mol. The van der Waals surface area contributed by atoms with Crippen molar-refractivity contribution in [3.63, 3.8) is 0 Å². The highest BCUT2D eigenvalue weighted by molar-refractivity contribution is 6.12. The van der Waals surface area contributed by atoms with Crippen LogP contribution in [0.25, 0.3) is 93.1 Å². The molecule has 2 aromatic heterocycles. The molecule has 0 saturated heterocycles. The number of anilines is 6. The molecule has 5 heteroatoms. The van der Waals surface area contributed by atoms with E-state index in [1.54, 1.807) is 0 Å². The minimum absolute atomic E-state index is 0.878. The average molecular weight is 895 g/mol. The van der Waals surface area contributed by atoms with E-state index in [1.165, 1.54) is 32.3 Å². The first-order chi connectivity index (χ1) is 34.7. The molecule has 0 spiro atoms. The molecule has 5 nitrogen and oxygen atoms in total. The molecule has 0 aliphatic carbocycles. The molecule has 328 valence electrons. The van der Waals surface area contributed by atoms with Crippen molar-refractivity contribution in [2.24, 2.45) is 0 Å². The number of furan rings is 1. The van der Waals surface area contributed by atoms with Crippen LogP contribution in [0.5, 0.6) is 0 Å². The first-order valence-corrected chi connectivity index (χ1v) is 23.8. The SMILES string of the molecule is c1ccc(-c2nc3ccc(N(c4ccc5c(ccc6cc(N(c7ccc8oc9ccccc9c8c7)c7cccc8ccccc78)ccc65)c4)c4cccc5ccccc45)cc3n2-c2ccccc2)cc1. The van der Waals surface area contributed by atoms with Gasteiger partial charge in [0.1, 0.15) is 17.0 Å². The number of hydrogen-bond donors (Lipinski definition) is 0. The Labute approximate surface area is 403 Å². The number of rotatable bonds is 8. The van der Waals surface area contributed by atoms with Gasteiger partial charge in [-0.05, 0) is 123 Å². The lowest BCUT2D eigenvalue weighted by Crippen LogP contribution is -2.11. The second-order valence-corrected chi connectivity index (χ2v) is 18.0. The predicted octanol–water partition coefficient (Wildman–Crippen LogP) is 18.1. The molecule has 0 amide bonds. The third-order valence-corrected chi connectivity index (χ3v) is 13.9. The zero-order valence-electron chi connectivity index (χ0n) is 37.9. The van der Waals surface area contributed by atoms with Crippen molar-refractivity contribution in [3.8, 4) is 17.1 Å². The summed E-state index contributed by atoms with van der Waals surface area (Å²) in [5.41, 5.74) is 12.3. The van der Waals surface area contributed by atoms with Gasteiger partial charge >= 0.3 is 0 Å².